The summed E-state index contributed by atoms with van der Waals surface area (Å²) in [6.07, 6.45) is 0. The van der Waals surface area contributed by atoms with Crippen LogP contribution >= 0.6 is 11.6 Å². The molecular formula is C23H18ClN3O2. The number of aryl methyl sites for hydroxylation is 1. The number of benzene rings is 3. The van der Waals surface area contributed by atoms with Gasteiger partial charge in [-0.05, 0) is 43.3 Å². The van der Waals surface area contributed by atoms with Crippen LogP contribution in [0.5, 0.6) is 0 Å². The first-order valence-electron chi connectivity index (χ1n) is 9.03. The number of halogens is 1. The monoisotopic (exact) mass is 403 g/mol. The number of nitrogens with two attached hydrogens (primary N) is 1. The van der Waals surface area contributed by atoms with Crippen LogP contribution in [0.15, 0.2) is 72.8 Å². The van der Waals surface area contributed by atoms with Crippen molar-refractivity contribution in [3.63, 3.8) is 0 Å². The third-order valence-electron chi connectivity index (χ3n) is 4.72. The summed E-state index contributed by atoms with van der Waals surface area (Å²) in [4.78, 5) is 26.2. The first-order chi connectivity index (χ1) is 14.0. The summed E-state index contributed by atoms with van der Waals surface area (Å²) in [6.45, 7) is 1.95. The number of carbonyl (C=O) groups is 2. The fraction of sp³-hybridized carbons (Fsp3) is 0.0435. The van der Waals surface area contributed by atoms with Crippen molar-refractivity contribution in [1.29, 1.82) is 0 Å². The van der Waals surface area contributed by atoms with Crippen LogP contribution in [0, 0.1) is 6.92 Å². The summed E-state index contributed by atoms with van der Waals surface area (Å²) in [5, 5.41) is 3.91. The highest BCUT2D eigenvalue weighted by Gasteiger charge is 2.24. The molecule has 0 fully saturated rings. The van der Waals surface area contributed by atoms with Gasteiger partial charge in [0.2, 0.25) is 0 Å². The van der Waals surface area contributed by atoms with Gasteiger partial charge in [0.25, 0.3) is 11.8 Å². The molecule has 0 aliphatic rings. The number of nitrogens with one attached hydrogen (secondary N) is 1. The molecule has 29 heavy (non-hydrogen) atoms. The van der Waals surface area contributed by atoms with Crippen molar-refractivity contribution in [2.75, 3.05) is 11.1 Å². The van der Waals surface area contributed by atoms with Gasteiger partial charge in [0.15, 0.2) is 0 Å². The van der Waals surface area contributed by atoms with Gasteiger partial charge in [-0.25, -0.2) is 0 Å². The second-order valence-corrected chi connectivity index (χ2v) is 7.18. The number of anilines is 2. The molecule has 0 spiro atoms. The van der Waals surface area contributed by atoms with E-state index in [0.717, 1.165) is 5.56 Å². The van der Waals surface area contributed by atoms with Crippen molar-refractivity contribution in [3.05, 3.63) is 94.5 Å². The number of hydrogen-bond donors (Lipinski definition) is 2. The summed E-state index contributed by atoms with van der Waals surface area (Å²) in [7, 11) is 0. The number of carbonyl (C=O) groups excluding carboxylic acids is 2. The van der Waals surface area contributed by atoms with Crippen molar-refractivity contribution in [1.82, 2.24) is 4.57 Å². The van der Waals surface area contributed by atoms with Crippen LogP contribution in [0.1, 0.15) is 26.3 Å². The molecule has 0 atom stereocenters. The van der Waals surface area contributed by atoms with E-state index in [0.29, 0.717) is 27.2 Å². The molecule has 1 aromatic heterocycles. The number of amides is 1. The Balaban J connectivity index is 1.81. The molecule has 0 bridgehead atoms. The molecule has 3 N–H and O–H groups in total. The first kappa shape index (κ1) is 18.8. The molecule has 3 aromatic carbocycles. The Labute approximate surface area is 172 Å². The fourth-order valence-corrected chi connectivity index (χ4v) is 3.49. The van der Waals surface area contributed by atoms with E-state index in [-0.39, 0.29) is 17.3 Å². The molecule has 4 rings (SSSR count). The van der Waals surface area contributed by atoms with Crippen LogP contribution in [-0.2, 0) is 0 Å². The minimum absolute atomic E-state index is 0.0938. The lowest BCUT2D eigenvalue weighted by molar-refractivity contribution is 0.0967. The SMILES string of the molecule is Cc1ccc(C(=O)n2c(N)c(C(=O)Nc3cccc(Cl)c3)c3ccccc32)cc1. The molecule has 0 saturated carbocycles. The van der Waals surface area contributed by atoms with Gasteiger partial charge in [0.05, 0.1) is 11.1 Å². The molecule has 0 unspecified atom stereocenters. The standard InChI is InChI=1S/C23H18ClN3O2/c1-14-9-11-15(12-10-14)23(29)27-19-8-3-2-7-18(19)20(21(27)25)22(28)26-17-6-4-5-16(24)13-17/h2-13H,25H2,1H3,(H,26,28). The highest BCUT2D eigenvalue weighted by atomic mass is 35.5. The first-order valence-corrected chi connectivity index (χ1v) is 9.40. The van der Waals surface area contributed by atoms with E-state index >= 15 is 0 Å². The Bertz CT molecular complexity index is 1240. The molecule has 4 aromatic rings. The van der Waals surface area contributed by atoms with E-state index in [1.165, 1.54) is 4.57 Å². The smallest absolute Gasteiger partial charge is 0.263 e. The number of nitrogen functional groups attached to an aromatic ring is 1. The Kier molecular flexibility index (Phi) is 4.82. The van der Waals surface area contributed by atoms with E-state index in [1.807, 2.05) is 19.1 Å². The quantitative estimate of drug-likeness (QED) is 0.498. The molecule has 0 saturated heterocycles. The molecule has 0 aliphatic carbocycles. The second kappa shape index (κ2) is 7.45. The summed E-state index contributed by atoms with van der Waals surface area (Å²) in [5.41, 5.74) is 9.24. The summed E-state index contributed by atoms with van der Waals surface area (Å²) in [6, 6.07) is 21.2. The maximum absolute atomic E-state index is 13.2. The van der Waals surface area contributed by atoms with Gasteiger partial charge < -0.3 is 11.1 Å². The lowest BCUT2D eigenvalue weighted by Gasteiger charge is -2.08. The highest BCUT2D eigenvalue weighted by Crippen LogP contribution is 2.30. The largest absolute Gasteiger partial charge is 0.384 e. The summed E-state index contributed by atoms with van der Waals surface area (Å²) < 4.78 is 1.38. The van der Waals surface area contributed by atoms with Crippen molar-refractivity contribution >= 4 is 45.8 Å². The van der Waals surface area contributed by atoms with Gasteiger partial charge in [-0.1, -0.05) is 53.6 Å². The average molecular weight is 404 g/mol. The number of rotatable bonds is 3. The van der Waals surface area contributed by atoms with E-state index in [9.17, 15) is 9.59 Å². The molecule has 0 radical (unpaired) electrons. The third kappa shape index (κ3) is 3.48. The number of aromatic nitrogens is 1. The minimum Gasteiger partial charge on any atom is -0.384 e. The van der Waals surface area contributed by atoms with Crippen molar-refractivity contribution < 1.29 is 9.59 Å². The minimum atomic E-state index is -0.406. The number of nitrogens with zero attached hydrogens (tertiary/aromatic N) is 1. The predicted octanol–water partition coefficient (Wildman–Crippen LogP) is 5.13. The Morgan fingerprint density at radius 1 is 0.966 bits per heavy atom. The highest BCUT2D eigenvalue weighted by molar-refractivity contribution is 6.31. The number of hydrogen-bond acceptors (Lipinski definition) is 3. The van der Waals surface area contributed by atoms with Gasteiger partial charge in [-0.3, -0.25) is 14.2 Å². The van der Waals surface area contributed by atoms with Gasteiger partial charge >= 0.3 is 0 Å². The number of para-hydroxylation sites is 1. The topological polar surface area (TPSA) is 77.1 Å². The number of fused-ring (bicyclic) bond motifs is 1. The Morgan fingerprint density at radius 2 is 1.69 bits per heavy atom. The zero-order valence-corrected chi connectivity index (χ0v) is 16.4. The van der Waals surface area contributed by atoms with E-state index in [2.05, 4.69) is 5.32 Å². The molecule has 1 amide bonds. The third-order valence-corrected chi connectivity index (χ3v) is 4.96. The van der Waals surface area contributed by atoms with Gasteiger partial charge in [-0.15, -0.1) is 0 Å². The molecular weight excluding hydrogens is 386 g/mol. The van der Waals surface area contributed by atoms with Crippen LogP contribution in [0.4, 0.5) is 11.5 Å². The lowest BCUT2D eigenvalue weighted by atomic mass is 10.1. The maximum atomic E-state index is 13.2. The van der Waals surface area contributed by atoms with Gasteiger partial charge in [0.1, 0.15) is 5.82 Å². The van der Waals surface area contributed by atoms with E-state index < -0.39 is 5.91 Å². The van der Waals surface area contributed by atoms with E-state index in [4.69, 9.17) is 17.3 Å². The molecule has 6 heteroatoms. The summed E-state index contributed by atoms with van der Waals surface area (Å²) in [5.74, 6) is -0.603. The van der Waals surface area contributed by atoms with Crippen LogP contribution in [0.2, 0.25) is 5.02 Å². The molecule has 0 aliphatic heterocycles. The van der Waals surface area contributed by atoms with Crippen LogP contribution in [0.25, 0.3) is 10.9 Å². The Morgan fingerprint density at radius 3 is 2.41 bits per heavy atom. The van der Waals surface area contributed by atoms with Crippen molar-refractivity contribution in [2.24, 2.45) is 0 Å². The summed E-state index contributed by atoms with van der Waals surface area (Å²) >= 11 is 6.00. The van der Waals surface area contributed by atoms with Crippen LogP contribution < -0.4 is 11.1 Å². The van der Waals surface area contributed by atoms with Gasteiger partial charge in [0, 0.05) is 21.7 Å². The second-order valence-electron chi connectivity index (χ2n) is 6.75. The fourth-order valence-electron chi connectivity index (χ4n) is 3.30. The van der Waals surface area contributed by atoms with Crippen molar-refractivity contribution in [3.8, 4) is 0 Å². The van der Waals surface area contributed by atoms with Gasteiger partial charge in [-0.2, -0.15) is 0 Å². The van der Waals surface area contributed by atoms with Crippen LogP contribution in [-0.4, -0.2) is 16.4 Å². The van der Waals surface area contributed by atoms with Crippen LogP contribution in [0.3, 0.4) is 0 Å². The molecule has 1 heterocycles. The maximum Gasteiger partial charge on any atom is 0.263 e. The predicted molar refractivity (Wildman–Crippen MR) is 117 cm³/mol. The van der Waals surface area contributed by atoms with E-state index in [1.54, 1.807) is 60.7 Å². The Hall–Kier alpha value is -3.57. The zero-order chi connectivity index (χ0) is 20.5. The zero-order valence-electron chi connectivity index (χ0n) is 15.6. The van der Waals surface area contributed by atoms with Crippen molar-refractivity contribution in [2.45, 2.75) is 6.92 Å². The lowest BCUT2D eigenvalue weighted by Crippen LogP contribution is -2.18. The molecule has 5 nitrogen and oxygen atoms in total. The normalized spacial score (nSPS) is 10.8. The molecule has 144 valence electrons. The average Bonchev–Trinajstić information content (AvgIpc) is 3.00.